The fourth-order valence-electron chi connectivity index (χ4n) is 3.64. The SMILES string of the molecule is CNc1nc(C(=O)N2CC[C@@]3(CCCN(CCOC)C3=O)C2)cs1. The molecule has 0 unspecified atom stereocenters. The Morgan fingerprint density at radius 2 is 2.29 bits per heavy atom. The lowest BCUT2D eigenvalue weighted by Crippen LogP contribution is -2.51. The zero-order chi connectivity index (χ0) is 17.2. The van der Waals surface area contributed by atoms with Crippen LogP contribution >= 0.6 is 11.3 Å². The molecule has 2 fully saturated rings. The van der Waals surface area contributed by atoms with Gasteiger partial charge < -0.3 is 19.9 Å². The molecule has 24 heavy (non-hydrogen) atoms. The molecule has 1 aromatic heterocycles. The zero-order valence-electron chi connectivity index (χ0n) is 14.2. The minimum atomic E-state index is -0.413. The minimum Gasteiger partial charge on any atom is -0.383 e. The molecular weight excluding hydrogens is 328 g/mol. The first kappa shape index (κ1) is 17.2. The Bertz CT molecular complexity index is 620. The molecule has 1 atom stereocenters. The molecule has 8 heteroatoms. The lowest BCUT2D eigenvalue weighted by atomic mass is 9.78. The van der Waals surface area contributed by atoms with Gasteiger partial charge in [-0.2, -0.15) is 0 Å². The summed E-state index contributed by atoms with van der Waals surface area (Å²) in [5.41, 5.74) is 0.0460. The van der Waals surface area contributed by atoms with Crippen LogP contribution in [0.1, 0.15) is 29.8 Å². The minimum absolute atomic E-state index is 0.0774. The predicted molar refractivity (Wildman–Crippen MR) is 92.3 cm³/mol. The average Bonchev–Trinajstić information content (AvgIpc) is 3.24. The molecule has 1 N–H and O–H groups in total. The van der Waals surface area contributed by atoms with E-state index < -0.39 is 5.41 Å². The number of nitrogens with zero attached hydrogens (tertiary/aromatic N) is 3. The lowest BCUT2D eigenvalue weighted by Gasteiger charge is -2.39. The van der Waals surface area contributed by atoms with Crippen LogP contribution in [0.2, 0.25) is 0 Å². The van der Waals surface area contributed by atoms with E-state index in [1.165, 1.54) is 11.3 Å². The van der Waals surface area contributed by atoms with Gasteiger partial charge in [0.2, 0.25) is 5.91 Å². The van der Waals surface area contributed by atoms with Gasteiger partial charge >= 0.3 is 0 Å². The smallest absolute Gasteiger partial charge is 0.273 e. The van der Waals surface area contributed by atoms with Crippen molar-refractivity contribution in [3.05, 3.63) is 11.1 Å². The van der Waals surface area contributed by atoms with Gasteiger partial charge in [-0.3, -0.25) is 9.59 Å². The molecule has 2 amide bonds. The van der Waals surface area contributed by atoms with E-state index in [4.69, 9.17) is 4.74 Å². The molecule has 0 bridgehead atoms. The summed E-state index contributed by atoms with van der Waals surface area (Å²) in [5, 5.41) is 5.45. The molecule has 2 saturated heterocycles. The second-order valence-electron chi connectivity index (χ2n) is 6.43. The van der Waals surface area contributed by atoms with Gasteiger partial charge in [0, 0.05) is 45.7 Å². The zero-order valence-corrected chi connectivity index (χ0v) is 15.0. The molecule has 132 valence electrons. The number of hydrogen-bond donors (Lipinski definition) is 1. The second kappa shape index (κ2) is 7.06. The van der Waals surface area contributed by atoms with Gasteiger partial charge in [-0.1, -0.05) is 0 Å². The Kier molecular flexibility index (Phi) is 5.05. The Morgan fingerprint density at radius 1 is 1.46 bits per heavy atom. The quantitative estimate of drug-likeness (QED) is 0.864. The Balaban J connectivity index is 1.69. The topological polar surface area (TPSA) is 74.8 Å². The standard InChI is InChI=1S/C16H24N4O3S/c1-17-15-18-12(10-24-15)13(21)20-7-5-16(11-20)4-3-6-19(14(16)22)8-9-23-2/h10H,3-9,11H2,1-2H3,(H,17,18)/t16-/m0/s1. The molecule has 3 heterocycles. The predicted octanol–water partition coefficient (Wildman–Crippen LogP) is 1.29. The third kappa shape index (κ3) is 3.12. The number of piperidine rings is 1. The molecule has 1 aromatic rings. The Morgan fingerprint density at radius 3 is 3.00 bits per heavy atom. The van der Waals surface area contributed by atoms with Crippen LogP contribution in [0.4, 0.5) is 5.13 Å². The number of anilines is 1. The van der Waals surface area contributed by atoms with Crippen LogP contribution in [0.5, 0.6) is 0 Å². The number of hydrogen-bond acceptors (Lipinski definition) is 6. The third-order valence-corrected chi connectivity index (χ3v) is 5.83. The van der Waals surface area contributed by atoms with Gasteiger partial charge in [0.1, 0.15) is 5.69 Å². The van der Waals surface area contributed by atoms with Crippen LogP contribution < -0.4 is 5.32 Å². The van der Waals surface area contributed by atoms with Crippen molar-refractivity contribution in [2.45, 2.75) is 19.3 Å². The van der Waals surface area contributed by atoms with Crippen LogP contribution in [-0.4, -0.2) is 73.5 Å². The maximum atomic E-state index is 12.9. The van der Waals surface area contributed by atoms with E-state index in [1.54, 1.807) is 24.4 Å². The first-order valence-electron chi connectivity index (χ1n) is 8.30. The van der Waals surface area contributed by atoms with E-state index in [-0.39, 0.29) is 11.8 Å². The first-order valence-corrected chi connectivity index (χ1v) is 9.18. The number of amides is 2. The van der Waals surface area contributed by atoms with E-state index in [0.717, 1.165) is 30.9 Å². The molecule has 7 nitrogen and oxygen atoms in total. The number of likely N-dealkylation sites (tertiary alicyclic amines) is 2. The summed E-state index contributed by atoms with van der Waals surface area (Å²) in [7, 11) is 3.43. The van der Waals surface area contributed by atoms with Crippen molar-refractivity contribution >= 4 is 28.3 Å². The van der Waals surface area contributed by atoms with E-state index in [9.17, 15) is 9.59 Å². The number of nitrogens with one attached hydrogen (secondary N) is 1. The second-order valence-corrected chi connectivity index (χ2v) is 7.29. The van der Waals surface area contributed by atoms with Gasteiger partial charge in [0.25, 0.3) is 5.91 Å². The van der Waals surface area contributed by atoms with Crippen LogP contribution in [0.25, 0.3) is 0 Å². The molecule has 3 rings (SSSR count). The summed E-state index contributed by atoms with van der Waals surface area (Å²) in [4.78, 5) is 33.5. The summed E-state index contributed by atoms with van der Waals surface area (Å²) < 4.78 is 5.10. The molecule has 0 aromatic carbocycles. The highest BCUT2D eigenvalue weighted by Gasteiger charge is 2.49. The van der Waals surface area contributed by atoms with Crippen LogP contribution in [0.3, 0.4) is 0 Å². The number of methoxy groups -OCH3 is 1. The average molecular weight is 352 g/mol. The number of carbonyl (C=O) groups is 2. The van der Waals surface area contributed by atoms with Gasteiger partial charge in [-0.25, -0.2) is 4.98 Å². The molecule has 2 aliphatic rings. The first-order chi connectivity index (χ1) is 11.6. The Labute approximate surface area is 146 Å². The highest BCUT2D eigenvalue weighted by molar-refractivity contribution is 7.13. The highest BCUT2D eigenvalue weighted by atomic mass is 32.1. The van der Waals surface area contributed by atoms with Gasteiger partial charge in [0.05, 0.1) is 12.0 Å². The fraction of sp³-hybridized carbons (Fsp3) is 0.688. The normalized spacial score (nSPS) is 24.0. The molecule has 1 spiro atoms. The lowest BCUT2D eigenvalue weighted by molar-refractivity contribution is -0.146. The monoisotopic (exact) mass is 352 g/mol. The summed E-state index contributed by atoms with van der Waals surface area (Å²) in [6.45, 7) is 3.09. The molecule has 0 saturated carbocycles. The van der Waals surface area contributed by atoms with Crippen molar-refractivity contribution in [1.29, 1.82) is 0 Å². The summed E-state index contributed by atoms with van der Waals surface area (Å²) in [5.74, 6) is 0.0988. The number of ether oxygens (including phenoxy) is 1. The van der Waals surface area contributed by atoms with Crippen molar-refractivity contribution in [3.63, 3.8) is 0 Å². The van der Waals surface area contributed by atoms with Crippen molar-refractivity contribution < 1.29 is 14.3 Å². The number of rotatable bonds is 5. The number of aromatic nitrogens is 1. The van der Waals surface area contributed by atoms with Crippen LogP contribution in [-0.2, 0) is 9.53 Å². The van der Waals surface area contributed by atoms with E-state index in [1.807, 2.05) is 4.90 Å². The van der Waals surface area contributed by atoms with Crippen molar-refractivity contribution in [3.8, 4) is 0 Å². The van der Waals surface area contributed by atoms with Gasteiger partial charge in [0.15, 0.2) is 5.13 Å². The highest BCUT2D eigenvalue weighted by Crippen LogP contribution is 2.40. The van der Waals surface area contributed by atoms with Crippen LogP contribution in [0, 0.1) is 5.41 Å². The van der Waals surface area contributed by atoms with Crippen molar-refractivity contribution in [2.75, 3.05) is 52.3 Å². The molecule has 0 aliphatic carbocycles. The molecular formula is C16H24N4O3S. The number of carbonyl (C=O) groups excluding carboxylic acids is 2. The summed E-state index contributed by atoms with van der Waals surface area (Å²) in [6.07, 6.45) is 2.58. The summed E-state index contributed by atoms with van der Waals surface area (Å²) >= 11 is 1.41. The molecule has 2 aliphatic heterocycles. The van der Waals surface area contributed by atoms with Crippen molar-refractivity contribution in [2.24, 2.45) is 5.41 Å². The largest absolute Gasteiger partial charge is 0.383 e. The van der Waals surface area contributed by atoms with Gasteiger partial charge in [-0.05, 0) is 19.3 Å². The summed E-state index contributed by atoms with van der Waals surface area (Å²) in [6, 6.07) is 0. The van der Waals surface area contributed by atoms with E-state index >= 15 is 0 Å². The Hall–Kier alpha value is -1.67. The number of thiazole rings is 1. The maximum Gasteiger partial charge on any atom is 0.273 e. The van der Waals surface area contributed by atoms with Crippen LogP contribution in [0.15, 0.2) is 5.38 Å². The van der Waals surface area contributed by atoms with Crippen molar-refractivity contribution in [1.82, 2.24) is 14.8 Å². The third-order valence-electron chi connectivity index (χ3n) is 4.97. The maximum absolute atomic E-state index is 12.9. The van der Waals surface area contributed by atoms with Gasteiger partial charge in [-0.15, -0.1) is 11.3 Å². The van der Waals surface area contributed by atoms with E-state index in [0.29, 0.717) is 31.9 Å². The molecule has 0 radical (unpaired) electrons. The van der Waals surface area contributed by atoms with E-state index in [2.05, 4.69) is 10.3 Å². The fourth-order valence-corrected chi connectivity index (χ4v) is 4.29.